The lowest BCUT2D eigenvalue weighted by atomic mass is 10.2. The van der Waals surface area contributed by atoms with Crippen molar-refractivity contribution in [2.24, 2.45) is 0 Å². The van der Waals surface area contributed by atoms with Crippen molar-refractivity contribution in [3.8, 4) is 22.9 Å². The number of nitrogens with zero attached hydrogens (tertiary/aromatic N) is 4. The lowest BCUT2D eigenvalue weighted by molar-refractivity contribution is -0.117. The molecule has 9 heteroatoms. The number of amides is 1. The number of benzene rings is 2. The number of nitrogens with one attached hydrogen (secondary N) is 1. The maximum atomic E-state index is 12.3. The molecule has 0 unspecified atom stereocenters. The predicted octanol–water partition coefficient (Wildman–Crippen LogP) is 2.65. The first-order valence-corrected chi connectivity index (χ1v) is 8.03. The smallest absolute Gasteiger partial charge is 0.248 e. The second-order valence-corrected chi connectivity index (χ2v) is 5.64. The topological polar surface area (TPSA) is 91.2 Å². The van der Waals surface area contributed by atoms with Crippen LogP contribution in [-0.2, 0) is 11.3 Å². The first kappa shape index (κ1) is 17.7. The Balaban J connectivity index is 1.73. The second kappa shape index (κ2) is 7.83. The summed E-state index contributed by atoms with van der Waals surface area (Å²) in [5.74, 6) is 1.13. The van der Waals surface area contributed by atoms with Crippen LogP contribution in [0.1, 0.15) is 0 Å². The van der Waals surface area contributed by atoms with E-state index in [1.807, 2.05) is 12.1 Å². The van der Waals surface area contributed by atoms with Gasteiger partial charge in [0, 0.05) is 11.6 Å². The third-order valence-corrected chi connectivity index (χ3v) is 3.86. The van der Waals surface area contributed by atoms with E-state index in [2.05, 4.69) is 20.7 Å². The van der Waals surface area contributed by atoms with Crippen molar-refractivity contribution in [1.82, 2.24) is 20.2 Å². The number of hydrogen-bond acceptors (Lipinski definition) is 6. The molecule has 0 saturated carbocycles. The Labute approximate surface area is 154 Å². The van der Waals surface area contributed by atoms with E-state index in [1.54, 1.807) is 37.4 Å². The zero-order valence-electron chi connectivity index (χ0n) is 14.1. The molecule has 0 saturated heterocycles. The summed E-state index contributed by atoms with van der Waals surface area (Å²) in [6, 6.07) is 12.3. The molecule has 3 aromatic rings. The highest BCUT2D eigenvalue weighted by Crippen LogP contribution is 2.29. The highest BCUT2D eigenvalue weighted by molar-refractivity contribution is 6.33. The third kappa shape index (κ3) is 3.92. The number of aromatic nitrogens is 4. The van der Waals surface area contributed by atoms with Crippen LogP contribution in [-0.4, -0.2) is 40.3 Å². The fourth-order valence-electron chi connectivity index (χ4n) is 2.29. The van der Waals surface area contributed by atoms with Gasteiger partial charge in [0.1, 0.15) is 18.0 Å². The molecule has 26 heavy (non-hydrogen) atoms. The van der Waals surface area contributed by atoms with Crippen molar-refractivity contribution in [2.75, 3.05) is 19.5 Å². The van der Waals surface area contributed by atoms with Crippen molar-refractivity contribution >= 4 is 23.2 Å². The quantitative estimate of drug-likeness (QED) is 0.714. The summed E-state index contributed by atoms with van der Waals surface area (Å²) < 4.78 is 10.4. The molecule has 0 aliphatic rings. The van der Waals surface area contributed by atoms with E-state index in [4.69, 9.17) is 21.1 Å². The SMILES string of the molecule is COc1ccc(OC)c(NC(=O)Cn2nnc(-c3ccccc3Cl)n2)c1. The zero-order chi connectivity index (χ0) is 18.5. The molecule has 0 spiro atoms. The first-order chi connectivity index (χ1) is 12.6. The number of tetrazole rings is 1. The maximum Gasteiger partial charge on any atom is 0.248 e. The highest BCUT2D eigenvalue weighted by Gasteiger charge is 2.13. The average Bonchev–Trinajstić information content (AvgIpc) is 3.10. The van der Waals surface area contributed by atoms with E-state index in [0.717, 1.165) is 0 Å². The molecular weight excluding hydrogens is 358 g/mol. The molecule has 2 aromatic carbocycles. The van der Waals surface area contributed by atoms with Crippen LogP contribution in [0.5, 0.6) is 11.5 Å². The van der Waals surface area contributed by atoms with Crippen molar-refractivity contribution < 1.29 is 14.3 Å². The summed E-state index contributed by atoms with van der Waals surface area (Å²) in [6.45, 7) is -0.113. The minimum Gasteiger partial charge on any atom is -0.497 e. The lowest BCUT2D eigenvalue weighted by Gasteiger charge is -2.11. The molecule has 1 aromatic heterocycles. The van der Waals surface area contributed by atoms with Crippen molar-refractivity contribution in [1.29, 1.82) is 0 Å². The summed E-state index contributed by atoms with van der Waals surface area (Å²) in [5, 5.41) is 15.3. The van der Waals surface area contributed by atoms with Gasteiger partial charge in [0.15, 0.2) is 0 Å². The van der Waals surface area contributed by atoms with E-state index < -0.39 is 0 Å². The molecule has 0 atom stereocenters. The summed E-state index contributed by atoms with van der Waals surface area (Å²) in [5.41, 5.74) is 1.14. The number of ether oxygens (including phenoxy) is 2. The van der Waals surface area contributed by atoms with Gasteiger partial charge in [0.05, 0.1) is 24.9 Å². The summed E-state index contributed by atoms with van der Waals surface area (Å²) in [6.07, 6.45) is 0. The van der Waals surface area contributed by atoms with E-state index >= 15 is 0 Å². The van der Waals surface area contributed by atoms with Crippen LogP contribution in [0.4, 0.5) is 5.69 Å². The van der Waals surface area contributed by atoms with Crippen molar-refractivity contribution in [3.05, 3.63) is 47.5 Å². The van der Waals surface area contributed by atoms with Gasteiger partial charge in [-0.2, -0.15) is 4.80 Å². The summed E-state index contributed by atoms with van der Waals surface area (Å²) in [4.78, 5) is 13.5. The van der Waals surface area contributed by atoms with Gasteiger partial charge in [-0.3, -0.25) is 4.79 Å². The molecule has 134 valence electrons. The monoisotopic (exact) mass is 373 g/mol. The molecule has 1 amide bonds. The fraction of sp³-hybridized carbons (Fsp3) is 0.176. The second-order valence-electron chi connectivity index (χ2n) is 5.24. The molecule has 8 nitrogen and oxygen atoms in total. The molecular formula is C17H16ClN5O3. The number of rotatable bonds is 6. The molecule has 3 rings (SSSR count). The number of carbonyl (C=O) groups is 1. The largest absolute Gasteiger partial charge is 0.497 e. The average molecular weight is 374 g/mol. The van der Waals surface area contributed by atoms with Gasteiger partial charge in [0.2, 0.25) is 11.7 Å². The molecule has 0 bridgehead atoms. The van der Waals surface area contributed by atoms with Crippen LogP contribution in [0, 0.1) is 0 Å². The number of methoxy groups -OCH3 is 2. The Kier molecular flexibility index (Phi) is 5.33. The minimum atomic E-state index is -0.334. The van der Waals surface area contributed by atoms with Gasteiger partial charge < -0.3 is 14.8 Å². The predicted molar refractivity (Wildman–Crippen MR) is 96.4 cm³/mol. The number of carbonyl (C=O) groups excluding carboxylic acids is 1. The standard InChI is InChI=1S/C17H16ClN5O3/c1-25-11-7-8-15(26-2)14(9-11)19-16(24)10-23-21-17(20-22-23)12-5-3-4-6-13(12)18/h3-9H,10H2,1-2H3,(H,19,24). The van der Waals surface area contributed by atoms with E-state index in [-0.39, 0.29) is 12.5 Å². The maximum absolute atomic E-state index is 12.3. The number of halogens is 1. The lowest BCUT2D eigenvalue weighted by Crippen LogP contribution is -2.20. The first-order valence-electron chi connectivity index (χ1n) is 7.65. The Hall–Kier alpha value is -3.13. The normalized spacial score (nSPS) is 10.4. The molecule has 0 aliphatic carbocycles. The molecule has 0 radical (unpaired) electrons. The van der Waals surface area contributed by atoms with Crippen LogP contribution < -0.4 is 14.8 Å². The van der Waals surface area contributed by atoms with Gasteiger partial charge in [-0.15, -0.1) is 10.2 Å². The van der Waals surface area contributed by atoms with Crippen LogP contribution in [0.15, 0.2) is 42.5 Å². The van der Waals surface area contributed by atoms with Gasteiger partial charge in [-0.25, -0.2) is 0 Å². The third-order valence-electron chi connectivity index (χ3n) is 3.53. The van der Waals surface area contributed by atoms with Crippen molar-refractivity contribution in [2.45, 2.75) is 6.54 Å². The molecule has 0 fully saturated rings. The van der Waals surface area contributed by atoms with Crippen LogP contribution in [0.2, 0.25) is 5.02 Å². The van der Waals surface area contributed by atoms with E-state index in [1.165, 1.54) is 11.9 Å². The van der Waals surface area contributed by atoms with Gasteiger partial charge in [-0.05, 0) is 29.5 Å². The minimum absolute atomic E-state index is 0.113. The Morgan fingerprint density at radius 3 is 2.73 bits per heavy atom. The Bertz CT molecular complexity index is 928. The number of anilines is 1. The van der Waals surface area contributed by atoms with Crippen molar-refractivity contribution in [3.63, 3.8) is 0 Å². The Morgan fingerprint density at radius 2 is 2.00 bits per heavy atom. The Morgan fingerprint density at radius 1 is 1.19 bits per heavy atom. The van der Waals surface area contributed by atoms with Crippen LogP contribution in [0.25, 0.3) is 11.4 Å². The van der Waals surface area contributed by atoms with Gasteiger partial charge in [-0.1, -0.05) is 23.7 Å². The fourth-order valence-corrected chi connectivity index (χ4v) is 2.51. The number of hydrogen-bond donors (Lipinski definition) is 1. The zero-order valence-corrected chi connectivity index (χ0v) is 14.9. The van der Waals surface area contributed by atoms with Crippen LogP contribution in [0.3, 0.4) is 0 Å². The summed E-state index contributed by atoms with van der Waals surface area (Å²) in [7, 11) is 3.06. The van der Waals surface area contributed by atoms with Crippen LogP contribution >= 0.6 is 11.6 Å². The highest BCUT2D eigenvalue weighted by atomic mass is 35.5. The van der Waals surface area contributed by atoms with Gasteiger partial charge >= 0.3 is 0 Å². The van der Waals surface area contributed by atoms with E-state index in [0.29, 0.717) is 33.6 Å². The molecule has 1 N–H and O–H groups in total. The molecule has 1 heterocycles. The van der Waals surface area contributed by atoms with Gasteiger partial charge in [0.25, 0.3) is 0 Å². The molecule has 0 aliphatic heterocycles. The van der Waals surface area contributed by atoms with E-state index in [9.17, 15) is 4.79 Å². The summed E-state index contributed by atoms with van der Waals surface area (Å²) >= 11 is 6.12.